The molecule has 2 rings (SSSR count). The molecule has 0 aliphatic carbocycles. The van der Waals surface area contributed by atoms with Gasteiger partial charge in [0.05, 0.1) is 20.4 Å². The Hall–Kier alpha value is -2.70. The number of hydrogen-bond acceptors (Lipinski definition) is 5. The minimum Gasteiger partial charge on any atom is -0.493 e. The lowest BCUT2D eigenvalue weighted by Gasteiger charge is -2.13. The third-order valence-electron chi connectivity index (χ3n) is 4.39. The van der Waals surface area contributed by atoms with E-state index in [4.69, 9.17) is 13.9 Å². The van der Waals surface area contributed by atoms with Gasteiger partial charge in [0.25, 0.3) is 0 Å². The summed E-state index contributed by atoms with van der Waals surface area (Å²) in [4.78, 5) is 8.91. The summed E-state index contributed by atoms with van der Waals surface area (Å²) in [6.45, 7) is 10.4. The van der Waals surface area contributed by atoms with Crippen LogP contribution in [0.3, 0.4) is 0 Å². The van der Waals surface area contributed by atoms with Crippen molar-refractivity contribution in [1.82, 2.24) is 15.6 Å². The SMILES string of the molecule is CCNC(=NCc1ncc(C(C)(C)C)o1)NCCCc1ccc(OC)c(OC)c1. The molecule has 0 aliphatic heterocycles. The van der Waals surface area contributed by atoms with Gasteiger partial charge in [-0.05, 0) is 37.5 Å². The van der Waals surface area contributed by atoms with Crippen molar-refractivity contribution >= 4 is 5.96 Å². The average molecular weight is 403 g/mol. The quantitative estimate of drug-likeness (QED) is 0.378. The number of oxazole rings is 1. The third kappa shape index (κ3) is 7.00. The number of aryl methyl sites for hydroxylation is 1. The molecule has 0 amide bonds. The highest BCUT2D eigenvalue weighted by atomic mass is 16.5. The molecule has 1 heterocycles. The Morgan fingerprint density at radius 2 is 1.90 bits per heavy atom. The van der Waals surface area contributed by atoms with Gasteiger partial charge < -0.3 is 24.5 Å². The van der Waals surface area contributed by atoms with Gasteiger partial charge in [0.2, 0.25) is 5.89 Å². The summed E-state index contributed by atoms with van der Waals surface area (Å²) >= 11 is 0. The Labute approximate surface area is 173 Å². The summed E-state index contributed by atoms with van der Waals surface area (Å²) < 4.78 is 16.5. The Morgan fingerprint density at radius 1 is 1.14 bits per heavy atom. The zero-order valence-corrected chi connectivity index (χ0v) is 18.5. The summed E-state index contributed by atoms with van der Waals surface area (Å²) in [5.41, 5.74) is 1.16. The molecular formula is C22H34N4O3. The molecule has 0 fully saturated rings. The first-order valence-corrected chi connectivity index (χ1v) is 10.1. The number of benzene rings is 1. The number of nitrogens with one attached hydrogen (secondary N) is 2. The van der Waals surface area contributed by atoms with Crippen LogP contribution < -0.4 is 20.1 Å². The van der Waals surface area contributed by atoms with Crippen LogP contribution in [0.4, 0.5) is 0 Å². The molecule has 160 valence electrons. The van der Waals surface area contributed by atoms with Crippen molar-refractivity contribution in [3.8, 4) is 11.5 Å². The number of aliphatic imine (C=N–C) groups is 1. The van der Waals surface area contributed by atoms with E-state index in [2.05, 4.69) is 47.4 Å². The van der Waals surface area contributed by atoms with Crippen molar-refractivity contribution in [2.45, 2.75) is 52.5 Å². The molecule has 1 aromatic carbocycles. The van der Waals surface area contributed by atoms with Crippen molar-refractivity contribution < 1.29 is 13.9 Å². The maximum absolute atomic E-state index is 5.80. The molecule has 0 aliphatic rings. The van der Waals surface area contributed by atoms with Crippen LogP contribution in [0.15, 0.2) is 33.8 Å². The largest absolute Gasteiger partial charge is 0.493 e. The Balaban J connectivity index is 1.86. The number of methoxy groups -OCH3 is 2. The minimum atomic E-state index is -0.0537. The monoisotopic (exact) mass is 402 g/mol. The second-order valence-corrected chi connectivity index (χ2v) is 7.78. The van der Waals surface area contributed by atoms with Gasteiger partial charge in [-0.1, -0.05) is 26.8 Å². The van der Waals surface area contributed by atoms with Crippen LogP contribution in [0.25, 0.3) is 0 Å². The number of nitrogens with zero attached hydrogens (tertiary/aromatic N) is 2. The Kier molecular flexibility index (Phi) is 8.36. The first-order valence-electron chi connectivity index (χ1n) is 10.1. The standard InChI is InChI=1S/C22H34N4O3/c1-7-23-21(26-15-20-25-14-19(29-20)22(2,3)4)24-12-8-9-16-10-11-17(27-5)18(13-16)28-6/h10-11,13-14H,7-9,12,15H2,1-6H3,(H2,23,24,26). The van der Waals surface area contributed by atoms with Gasteiger partial charge in [0, 0.05) is 18.5 Å². The van der Waals surface area contributed by atoms with Gasteiger partial charge in [0.15, 0.2) is 17.5 Å². The Morgan fingerprint density at radius 3 is 2.52 bits per heavy atom. The highest BCUT2D eigenvalue weighted by Crippen LogP contribution is 2.28. The van der Waals surface area contributed by atoms with Crippen LogP contribution in [0.5, 0.6) is 11.5 Å². The van der Waals surface area contributed by atoms with E-state index in [1.54, 1.807) is 20.4 Å². The molecule has 7 heteroatoms. The van der Waals surface area contributed by atoms with E-state index >= 15 is 0 Å². The highest BCUT2D eigenvalue weighted by Gasteiger charge is 2.19. The average Bonchev–Trinajstić information content (AvgIpc) is 3.18. The van der Waals surface area contributed by atoms with Crippen LogP contribution in [-0.2, 0) is 18.4 Å². The molecule has 2 aromatic rings. The third-order valence-corrected chi connectivity index (χ3v) is 4.39. The topological polar surface area (TPSA) is 80.9 Å². The predicted octanol–water partition coefficient (Wildman–Crippen LogP) is 3.68. The number of ether oxygens (including phenoxy) is 2. The van der Waals surface area contributed by atoms with Gasteiger partial charge in [-0.15, -0.1) is 0 Å². The fraction of sp³-hybridized carbons (Fsp3) is 0.545. The van der Waals surface area contributed by atoms with Crippen molar-refractivity contribution in [2.24, 2.45) is 4.99 Å². The lowest BCUT2D eigenvalue weighted by atomic mass is 9.94. The van der Waals surface area contributed by atoms with Gasteiger partial charge in [-0.25, -0.2) is 9.98 Å². The summed E-state index contributed by atoms with van der Waals surface area (Å²) in [7, 11) is 3.30. The summed E-state index contributed by atoms with van der Waals surface area (Å²) in [6, 6.07) is 6.03. The molecule has 0 bridgehead atoms. The van der Waals surface area contributed by atoms with E-state index in [-0.39, 0.29) is 5.41 Å². The van der Waals surface area contributed by atoms with Crippen LogP contribution in [0, 0.1) is 0 Å². The molecular weight excluding hydrogens is 368 g/mol. The van der Waals surface area contributed by atoms with Crippen molar-refractivity contribution in [2.75, 3.05) is 27.3 Å². The van der Waals surface area contributed by atoms with Crippen LogP contribution in [0.1, 0.15) is 51.3 Å². The first-order chi connectivity index (χ1) is 13.9. The van der Waals surface area contributed by atoms with Gasteiger partial charge >= 0.3 is 0 Å². The van der Waals surface area contributed by atoms with Crippen molar-refractivity contribution in [1.29, 1.82) is 0 Å². The summed E-state index contributed by atoms with van der Waals surface area (Å²) in [5.74, 6) is 3.76. The molecule has 7 nitrogen and oxygen atoms in total. The first kappa shape index (κ1) is 22.6. The second-order valence-electron chi connectivity index (χ2n) is 7.78. The number of aromatic nitrogens is 1. The summed E-state index contributed by atoms with van der Waals surface area (Å²) in [6.07, 6.45) is 3.68. The molecule has 2 N–H and O–H groups in total. The van der Waals surface area contributed by atoms with E-state index in [0.717, 1.165) is 49.1 Å². The fourth-order valence-corrected chi connectivity index (χ4v) is 2.75. The fourth-order valence-electron chi connectivity index (χ4n) is 2.75. The molecule has 0 spiro atoms. The lowest BCUT2D eigenvalue weighted by Crippen LogP contribution is -2.37. The Bertz CT molecular complexity index is 794. The van der Waals surface area contributed by atoms with E-state index in [0.29, 0.717) is 12.4 Å². The molecule has 0 saturated heterocycles. The maximum Gasteiger partial charge on any atom is 0.216 e. The number of hydrogen-bond donors (Lipinski definition) is 2. The van der Waals surface area contributed by atoms with Crippen molar-refractivity contribution in [3.05, 3.63) is 41.6 Å². The molecule has 1 aromatic heterocycles. The number of rotatable bonds is 9. The highest BCUT2D eigenvalue weighted by molar-refractivity contribution is 5.79. The summed E-state index contributed by atoms with van der Waals surface area (Å²) in [5, 5.41) is 6.62. The minimum absolute atomic E-state index is 0.0537. The molecule has 0 radical (unpaired) electrons. The second kappa shape index (κ2) is 10.7. The normalized spacial score (nSPS) is 12.0. The van der Waals surface area contributed by atoms with Gasteiger partial charge in [-0.2, -0.15) is 0 Å². The lowest BCUT2D eigenvalue weighted by molar-refractivity contribution is 0.354. The predicted molar refractivity (Wildman–Crippen MR) is 116 cm³/mol. The molecule has 0 saturated carbocycles. The van der Waals surface area contributed by atoms with Crippen molar-refractivity contribution in [3.63, 3.8) is 0 Å². The zero-order chi connectivity index (χ0) is 21.3. The van der Waals surface area contributed by atoms with E-state index in [9.17, 15) is 0 Å². The maximum atomic E-state index is 5.80. The van der Waals surface area contributed by atoms with Gasteiger partial charge in [0.1, 0.15) is 12.3 Å². The smallest absolute Gasteiger partial charge is 0.216 e. The zero-order valence-electron chi connectivity index (χ0n) is 18.5. The van der Waals surface area contributed by atoms with Crippen LogP contribution >= 0.6 is 0 Å². The molecule has 29 heavy (non-hydrogen) atoms. The van der Waals surface area contributed by atoms with Crippen LogP contribution in [0.2, 0.25) is 0 Å². The van der Waals surface area contributed by atoms with E-state index in [1.807, 2.05) is 19.1 Å². The number of guanidine groups is 1. The van der Waals surface area contributed by atoms with E-state index in [1.165, 1.54) is 5.56 Å². The van der Waals surface area contributed by atoms with E-state index < -0.39 is 0 Å². The van der Waals surface area contributed by atoms with Crippen LogP contribution in [-0.4, -0.2) is 38.3 Å². The van der Waals surface area contributed by atoms with Gasteiger partial charge in [-0.3, -0.25) is 0 Å². The molecule has 0 atom stereocenters. The molecule has 0 unspecified atom stereocenters.